The Balaban J connectivity index is 1.86. The molecule has 2 N–H and O–H groups in total. The number of methoxy groups -OCH3 is 1. The van der Waals surface area contributed by atoms with E-state index in [1.165, 1.54) is 23.8 Å². The van der Waals surface area contributed by atoms with Crippen molar-refractivity contribution in [3.05, 3.63) is 54.1 Å². The Kier molecular flexibility index (Phi) is 3.00. The zero-order chi connectivity index (χ0) is 19.0. The predicted molar refractivity (Wildman–Crippen MR) is 93.5 cm³/mol. The fourth-order valence-corrected chi connectivity index (χ4v) is 3.10. The van der Waals surface area contributed by atoms with Crippen LogP contribution < -0.4 is 10.1 Å². The molecular formula is C19H18FN3O. The molecule has 0 saturated carbocycles. The molecule has 4 nitrogen and oxygen atoms in total. The number of nitrogens with zero attached hydrogens (tertiary/aromatic N) is 1. The molecule has 1 aromatic carbocycles. The molecule has 5 heteroatoms. The minimum Gasteiger partial charge on any atom is -0.496 e. The molecule has 1 aliphatic heterocycles. The van der Waals surface area contributed by atoms with Crippen molar-refractivity contribution in [2.75, 3.05) is 20.1 Å². The average molecular weight is 326 g/mol. The first-order chi connectivity index (χ1) is 12.9. The van der Waals surface area contributed by atoms with Crippen molar-refractivity contribution in [2.24, 2.45) is 0 Å². The minimum atomic E-state index is -2.62. The van der Waals surface area contributed by atoms with Crippen LogP contribution in [0.2, 0.25) is 0 Å². The maximum atomic E-state index is 13.9. The molecule has 3 heterocycles. The van der Waals surface area contributed by atoms with Gasteiger partial charge in [0.1, 0.15) is 17.2 Å². The molecule has 1 aliphatic rings. The van der Waals surface area contributed by atoms with E-state index in [-0.39, 0.29) is 5.75 Å². The van der Waals surface area contributed by atoms with Gasteiger partial charge in [0.15, 0.2) is 0 Å². The Bertz CT molecular complexity index is 1030. The summed E-state index contributed by atoms with van der Waals surface area (Å²) in [7, 11) is -2.62. The highest BCUT2D eigenvalue weighted by atomic mass is 19.1. The summed E-state index contributed by atoms with van der Waals surface area (Å²) < 4.78 is 41.1. The number of nitrogens with one attached hydrogen (secondary N) is 2. The normalized spacial score (nSPS) is 17.0. The number of fused-ring (bicyclic) bond motifs is 1. The molecule has 0 saturated heterocycles. The Hall–Kier alpha value is -2.66. The molecule has 0 bridgehead atoms. The Labute approximate surface area is 143 Å². The van der Waals surface area contributed by atoms with E-state index in [1.54, 1.807) is 12.3 Å². The van der Waals surface area contributed by atoms with Crippen molar-refractivity contribution < 1.29 is 13.2 Å². The van der Waals surface area contributed by atoms with Crippen molar-refractivity contribution in [1.29, 1.82) is 0 Å². The molecule has 0 atom stereocenters. The van der Waals surface area contributed by atoms with Crippen LogP contribution in [0.25, 0.3) is 27.7 Å². The number of ether oxygens (including phenoxy) is 1. The highest BCUT2D eigenvalue weighted by molar-refractivity contribution is 5.96. The van der Waals surface area contributed by atoms with Gasteiger partial charge in [-0.3, -0.25) is 0 Å². The lowest BCUT2D eigenvalue weighted by molar-refractivity contribution is 0.415. The van der Waals surface area contributed by atoms with Crippen molar-refractivity contribution in [3.63, 3.8) is 0 Å². The summed E-state index contributed by atoms with van der Waals surface area (Å²) in [5.41, 5.74) is 3.85. The van der Waals surface area contributed by atoms with Gasteiger partial charge in [0.2, 0.25) is 0 Å². The second-order valence-corrected chi connectivity index (χ2v) is 5.73. The number of H-pyrrole nitrogens is 1. The lowest BCUT2D eigenvalue weighted by atomic mass is 10.0. The van der Waals surface area contributed by atoms with Crippen LogP contribution in [0.5, 0.6) is 5.75 Å². The molecule has 4 rings (SSSR count). The van der Waals surface area contributed by atoms with Gasteiger partial charge in [0.25, 0.3) is 0 Å². The third-order valence-electron chi connectivity index (χ3n) is 4.28. The number of hydrogen-bond acceptors (Lipinski definition) is 3. The standard InChI is InChI=1S/C19H18FN3O/c1-24-18-3-2-13(20)10-15(18)14-6-9-22-19-16(14)11-17(23-19)12-4-7-21-8-5-12/h2-4,6,9-11,21H,5,7-8H2,1H3,(H,22,23)/i1D3. The van der Waals surface area contributed by atoms with Crippen LogP contribution in [0.4, 0.5) is 4.39 Å². The fraction of sp³-hybridized carbons (Fsp3) is 0.211. The first kappa shape index (κ1) is 11.8. The minimum absolute atomic E-state index is 0.104. The fourth-order valence-electron chi connectivity index (χ4n) is 3.10. The summed E-state index contributed by atoms with van der Waals surface area (Å²) in [5, 5.41) is 4.06. The van der Waals surface area contributed by atoms with Gasteiger partial charge < -0.3 is 15.0 Å². The number of hydrogen-bond donors (Lipinski definition) is 2. The second-order valence-electron chi connectivity index (χ2n) is 5.73. The van der Waals surface area contributed by atoms with Crippen LogP contribution in [0.1, 0.15) is 16.2 Å². The number of halogens is 1. The summed E-state index contributed by atoms with van der Waals surface area (Å²) >= 11 is 0. The number of rotatable bonds is 3. The summed E-state index contributed by atoms with van der Waals surface area (Å²) in [6, 6.07) is 7.51. The van der Waals surface area contributed by atoms with Gasteiger partial charge in [-0.05, 0) is 54.4 Å². The van der Waals surface area contributed by atoms with Crippen LogP contribution in [-0.4, -0.2) is 30.1 Å². The zero-order valence-electron chi connectivity index (χ0n) is 15.9. The smallest absolute Gasteiger partial charge is 0.138 e. The Morgan fingerprint density at radius 2 is 2.21 bits per heavy atom. The maximum absolute atomic E-state index is 13.9. The molecule has 0 fully saturated rings. The van der Waals surface area contributed by atoms with Gasteiger partial charge in [-0.1, -0.05) is 6.08 Å². The predicted octanol–water partition coefficient (Wildman–Crippen LogP) is 3.75. The van der Waals surface area contributed by atoms with Crippen LogP contribution in [0.15, 0.2) is 42.6 Å². The number of aromatic nitrogens is 2. The highest BCUT2D eigenvalue weighted by Crippen LogP contribution is 2.36. The number of pyridine rings is 1. The number of aromatic amines is 1. The molecule has 0 unspecified atom stereocenters. The Morgan fingerprint density at radius 1 is 1.25 bits per heavy atom. The van der Waals surface area contributed by atoms with Crippen LogP contribution in [-0.2, 0) is 0 Å². The molecule has 24 heavy (non-hydrogen) atoms. The molecule has 3 aromatic rings. The van der Waals surface area contributed by atoms with Gasteiger partial charge in [0.05, 0.1) is 11.2 Å². The van der Waals surface area contributed by atoms with E-state index in [2.05, 4.69) is 21.4 Å². The third-order valence-corrected chi connectivity index (χ3v) is 4.28. The van der Waals surface area contributed by atoms with E-state index in [9.17, 15) is 4.39 Å². The van der Waals surface area contributed by atoms with Gasteiger partial charge in [0, 0.05) is 29.4 Å². The first-order valence-electron chi connectivity index (χ1n) is 9.27. The molecule has 2 aromatic heterocycles. The Morgan fingerprint density at radius 3 is 3.04 bits per heavy atom. The lowest BCUT2D eigenvalue weighted by Gasteiger charge is -2.12. The molecule has 0 radical (unpaired) electrons. The van der Waals surface area contributed by atoms with Crippen molar-refractivity contribution in [1.82, 2.24) is 15.3 Å². The molecule has 122 valence electrons. The highest BCUT2D eigenvalue weighted by Gasteiger charge is 2.15. The van der Waals surface area contributed by atoms with Crippen molar-refractivity contribution in [2.45, 2.75) is 6.42 Å². The summed E-state index contributed by atoms with van der Waals surface area (Å²) in [6.07, 6.45) is 4.63. The lowest BCUT2D eigenvalue weighted by Crippen LogP contribution is -2.20. The molecule has 0 amide bonds. The monoisotopic (exact) mass is 326 g/mol. The van der Waals surface area contributed by atoms with Gasteiger partial charge in [-0.15, -0.1) is 0 Å². The van der Waals surface area contributed by atoms with E-state index < -0.39 is 12.9 Å². The summed E-state index contributed by atoms with van der Waals surface area (Å²) in [5.74, 6) is -0.364. The van der Waals surface area contributed by atoms with E-state index in [0.29, 0.717) is 16.8 Å². The quantitative estimate of drug-likeness (QED) is 0.770. The van der Waals surface area contributed by atoms with Crippen LogP contribution in [0, 0.1) is 5.82 Å². The van der Waals surface area contributed by atoms with Crippen molar-refractivity contribution >= 4 is 16.6 Å². The van der Waals surface area contributed by atoms with Crippen LogP contribution >= 0.6 is 0 Å². The SMILES string of the molecule is [2H]C([2H])([2H])Oc1ccc(F)cc1-c1ccnc2[nH]c(C3=CCNCC3)cc12. The van der Waals surface area contributed by atoms with Gasteiger partial charge in [-0.2, -0.15) is 0 Å². The van der Waals surface area contributed by atoms with Gasteiger partial charge >= 0.3 is 0 Å². The average Bonchev–Trinajstić information content (AvgIpc) is 3.07. The second kappa shape index (κ2) is 6.09. The molecule has 0 aliphatic carbocycles. The van der Waals surface area contributed by atoms with Crippen LogP contribution in [0.3, 0.4) is 0 Å². The van der Waals surface area contributed by atoms with E-state index in [4.69, 9.17) is 8.85 Å². The van der Waals surface area contributed by atoms with E-state index in [0.717, 1.165) is 30.6 Å². The molecular weight excluding hydrogens is 305 g/mol. The maximum Gasteiger partial charge on any atom is 0.138 e. The topological polar surface area (TPSA) is 49.9 Å². The first-order valence-corrected chi connectivity index (χ1v) is 7.77. The van der Waals surface area contributed by atoms with E-state index >= 15 is 0 Å². The van der Waals surface area contributed by atoms with Gasteiger partial charge in [-0.25, -0.2) is 9.37 Å². The van der Waals surface area contributed by atoms with E-state index in [1.807, 2.05) is 6.07 Å². The van der Waals surface area contributed by atoms with Crippen molar-refractivity contribution in [3.8, 4) is 16.9 Å². The summed E-state index contributed by atoms with van der Waals surface area (Å²) in [6.45, 7) is 1.72. The summed E-state index contributed by atoms with van der Waals surface area (Å²) in [4.78, 5) is 7.67. The molecule has 0 spiro atoms. The third kappa shape index (κ3) is 2.57. The number of benzene rings is 1. The largest absolute Gasteiger partial charge is 0.496 e. The zero-order valence-corrected chi connectivity index (χ0v) is 12.9.